The Kier molecular flexibility index (Phi) is 4.26. The molecule has 0 saturated heterocycles. The molecule has 0 fully saturated rings. The number of pyridine rings is 1. The first-order chi connectivity index (χ1) is 11.5. The van der Waals surface area contributed by atoms with E-state index in [1.54, 1.807) is 24.3 Å². The van der Waals surface area contributed by atoms with Crippen molar-refractivity contribution in [1.82, 2.24) is 4.98 Å². The quantitative estimate of drug-likeness (QED) is 0.379. The standard InChI is InChI=1S/C17H11BrN2O4/c1-24-17(21)13-4-2-3-12-14(18)9-15(19-16(12)13)10-5-7-11(8-6-10)20(22)23/h2-9H,1H3. The smallest absolute Gasteiger partial charge is 0.340 e. The minimum Gasteiger partial charge on any atom is -0.465 e. The fraction of sp³-hybridized carbons (Fsp3) is 0.0588. The second-order valence-corrected chi connectivity index (χ2v) is 5.84. The number of aromatic nitrogens is 1. The monoisotopic (exact) mass is 386 g/mol. The SMILES string of the molecule is COC(=O)c1cccc2c(Br)cc(-c3ccc([N+](=O)[O-])cc3)nc12. The number of esters is 1. The molecule has 0 N–H and O–H groups in total. The van der Waals surface area contributed by atoms with E-state index in [1.807, 2.05) is 12.1 Å². The molecule has 0 aliphatic heterocycles. The van der Waals surface area contributed by atoms with E-state index in [1.165, 1.54) is 19.2 Å². The van der Waals surface area contributed by atoms with Crippen LogP contribution < -0.4 is 0 Å². The molecule has 0 radical (unpaired) electrons. The van der Waals surface area contributed by atoms with Crippen molar-refractivity contribution in [3.63, 3.8) is 0 Å². The number of rotatable bonds is 3. The number of nitrogens with zero attached hydrogens (tertiary/aromatic N) is 2. The van der Waals surface area contributed by atoms with E-state index in [-0.39, 0.29) is 5.69 Å². The number of methoxy groups -OCH3 is 1. The Hall–Kier alpha value is -2.80. The molecular weight excluding hydrogens is 376 g/mol. The van der Waals surface area contributed by atoms with Crippen LogP contribution in [0.1, 0.15) is 10.4 Å². The van der Waals surface area contributed by atoms with Crippen LogP contribution in [0.2, 0.25) is 0 Å². The van der Waals surface area contributed by atoms with Gasteiger partial charge in [0.2, 0.25) is 0 Å². The van der Waals surface area contributed by atoms with Crippen molar-refractivity contribution in [2.24, 2.45) is 0 Å². The molecule has 7 heteroatoms. The van der Waals surface area contributed by atoms with E-state index in [9.17, 15) is 14.9 Å². The Morgan fingerprint density at radius 1 is 1.21 bits per heavy atom. The average molecular weight is 387 g/mol. The summed E-state index contributed by atoms with van der Waals surface area (Å²) in [5.74, 6) is -0.471. The lowest BCUT2D eigenvalue weighted by Crippen LogP contribution is -2.03. The van der Waals surface area contributed by atoms with Gasteiger partial charge in [-0.3, -0.25) is 10.1 Å². The van der Waals surface area contributed by atoms with Crippen LogP contribution in [0.15, 0.2) is 53.0 Å². The van der Waals surface area contributed by atoms with Gasteiger partial charge in [-0.25, -0.2) is 9.78 Å². The molecule has 0 atom stereocenters. The predicted molar refractivity (Wildman–Crippen MR) is 92.9 cm³/mol. The molecule has 3 aromatic rings. The minimum absolute atomic E-state index is 0.00820. The first-order valence-electron chi connectivity index (χ1n) is 6.93. The van der Waals surface area contributed by atoms with Crippen molar-refractivity contribution in [2.75, 3.05) is 7.11 Å². The summed E-state index contributed by atoms with van der Waals surface area (Å²) in [4.78, 5) is 26.8. The molecule has 0 spiro atoms. The van der Waals surface area contributed by atoms with Crippen LogP contribution in [0.25, 0.3) is 22.2 Å². The lowest BCUT2D eigenvalue weighted by molar-refractivity contribution is -0.384. The Bertz CT molecular complexity index is 955. The number of benzene rings is 2. The molecule has 0 aliphatic rings. The molecule has 6 nitrogen and oxygen atoms in total. The molecule has 3 rings (SSSR count). The third-order valence-corrected chi connectivity index (χ3v) is 4.22. The number of carbonyl (C=O) groups is 1. The van der Waals surface area contributed by atoms with Gasteiger partial charge in [0, 0.05) is 27.6 Å². The minimum atomic E-state index is -0.471. The third-order valence-electron chi connectivity index (χ3n) is 3.57. The number of hydrogen-bond donors (Lipinski definition) is 0. The zero-order valence-electron chi connectivity index (χ0n) is 12.5. The van der Waals surface area contributed by atoms with Crippen molar-refractivity contribution in [3.8, 4) is 11.3 Å². The number of nitro groups is 1. The molecule has 0 aliphatic carbocycles. The van der Waals surface area contributed by atoms with Gasteiger partial charge in [0.1, 0.15) is 0 Å². The lowest BCUT2D eigenvalue weighted by Gasteiger charge is -2.09. The van der Waals surface area contributed by atoms with Crippen LogP contribution in [0, 0.1) is 10.1 Å². The van der Waals surface area contributed by atoms with E-state index >= 15 is 0 Å². The van der Waals surface area contributed by atoms with Crippen LogP contribution in [-0.4, -0.2) is 23.0 Å². The summed E-state index contributed by atoms with van der Waals surface area (Å²) in [6.07, 6.45) is 0. The largest absolute Gasteiger partial charge is 0.465 e. The van der Waals surface area contributed by atoms with E-state index < -0.39 is 10.9 Å². The molecule has 2 aromatic carbocycles. The molecule has 0 saturated carbocycles. The van der Waals surface area contributed by atoms with Crippen LogP contribution >= 0.6 is 15.9 Å². The molecule has 1 heterocycles. The number of para-hydroxylation sites is 1. The lowest BCUT2D eigenvalue weighted by atomic mass is 10.1. The zero-order valence-corrected chi connectivity index (χ0v) is 14.1. The van der Waals surface area contributed by atoms with Crippen LogP contribution in [-0.2, 0) is 4.74 Å². The van der Waals surface area contributed by atoms with E-state index in [4.69, 9.17) is 4.74 Å². The Balaban J connectivity index is 2.19. The maximum Gasteiger partial charge on any atom is 0.340 e. The molecule has 0 unspecified atom stereocenters. The fourth-order valence-corrected chi connectivity index (χ4v) is 2.92. The Morgan fingerprint density at radius 3 is 2.54 bits per heavy atom. The number of fused-ring (bicyclic) bond motifs is 1. The molecular formula is C17H11BrN2O4. The second kappa shape index (κ2) is 6.37. The van der Waals surface area contributed by atoms with Gasteiger partial charge in [-0.2, -0.15) is 0 Å². The third kappa shape index (κ3) is 2.85. The van der Waals surface area contributed by atoms with Crippen molar-refractivity contribution in [2.45, 2.75) is 0 Å². The number of ether oxygens (including phenoxy) is 1. The molecule has 120 valence electrons. The van der Waals surface area contributed by atoms with Gasteiger partial charge >= 0.3 is 5.97 Å². The maximum absolute atomic E-state index is 12.0. The van der Waals surface area contributed by atoms with E-state index in [0.717, 1.165) is 9.86 Å². The van der Waals surface area contributed by atoms with Gasteiger partial charge < -0.3 is 4.74 Å². The summed E-state index contributed by atoms with van der Waals surface area (Å²) < 4.78 is 5.57. The summed E-state index contributed by atoms with van der Waals surface area (Å²) in [6.45, 7) is 0. The van der Waals surface area contributed by atoms with Crippen molar-refractivity contribution < 1.29 is 14.5 Å². The highest BCUT2D eigenvalue weighted by atomic mass is 79.9. The summed E-state index contributed by atoms with van der Waals surface area (Å²) in [5, 5.41) is 11.5. The Labute approximate surface area is 145 Å². The number of halogens is 1. The molecule has 1 aromatic heterocycles. The highest BCUT2D eigenvalue weighted by Gasteiger charge is 2.15. The summed E-state index contributed by atoms with van der Waals surface area (Å²) in [5.41, 5.74) is 2.18. The molecule has 0 amide bonds. The summed E-state index contributed by atoms with van der Waals surface area (Å²) in [6, 6.07) is 13.1. The first-order valence-corrected chi connectivity index (χ1v) is 7.73. The fourth-order valence-electron chi connectivity index (χ4n) is 2.38. The number of hydrogen-bond acceptors (Lipinski definition) is 5. The van der Waals surface area contributed by atoms with E-state index in [2.05, 4.69) is 20.9 Å². The maximum atomic E-state index is 12.0. The van der Waals surface area contributed by atoms with Gasteiger partial charge in [0.15, 0.2) is 0 Å². The average Bonchev–Trinajstić information content (AvgIpc) is 2.60. The van der Waals surface area contributed by atoms with E-state index in [0.29, 0.717) is 22.3 Å². The van der Waals surface area contributed by atoms with Crippen LogP contribution in [0.3, 0.4) is 0 Å². The summed E-state index contributed by atoms with van der Waals surface area (Å²) >= 11 is 3.49. The van der Waals surface area contributed by atoms with Gasteiger partial charge in [-0.1, -0.05) is 28.1 Å². The van der Waals surface area contributed by atoms with Crippen molar-refractivity contribution in [1.29, 1.82) is 0 Å². The van der Waals surface area contributed by atoms with Gasteiger partial charge in [-0.15, -0.1) is 0 Å². The second-order valence-electron chi connectivity index (χ2n) is 4.99. The summed E-state index contributed by atoms with van der Waals surface area (Å²) in [7, 11) is 1.32. The number of non-ortho nitro benzene ring substituents is 1. The van der Waals surface area contributed by atoms with Gasteiger partial charge in [-0.05, 0) is 24.3 Å². The predicted octanol–water partition coefficient (Wildman–Crippen LogP) is 4.36. The zero-order chi connectivity index (χ0) is 17.3. The molecule has 0 bridgehead atoms. The number of carbonyl (C=O) groups excluding carboxylic acids is 1. The van der Waals surface area contributed by atoms with Crippen molar-refractivity contribution >= 4 is 38.5 Å². The first kappa shape index (κ1) is 16.1. The van der Waals surface area contributed by atoms with Gasteiger partial charge in [0.25, 0.3) is 5.69 Å². The van der Waals surface area contributed by atoms with Crippen LogP contribution in [0.4, 0.5) is 5.69 Å². The Morgan fingerprint density at radius 2 is 1.92 bits per heavy atom. The highest BCUT2D eigenvalue weighted by Crippen LogP contribution is 2.31. The highest BCUT2D eigenvalue weighted by molar-refractivity contribution is 9.10. The van der Waals surface area contributed by atoms with Crippen LogP contribution in [0.5, 0.6) is 0 Å². The topological polar surface area (TPSA) is 82.3 Å². The van der Waals surface area contributed by atoms with Gasteiger partial charge in [0.05, 0.1) is 28.8 Å². The molecule has 24 heavy (non-hydrogen) atoms. The van der Waals surface area contributed by atoms with Crippen molar-refractivity contribution in [3.05, 3.63) is 68.7 Å². The normalized spacial score (nSPS) is 10.6. The number of nitro benzene ring substituents is 1.